The topological polar surface area (TPSA) is 25.8 Å². The maximum absolute atomic E-state index is 3.98. The van der Waals surface area contributed by atoms with Gasteiger partial charge in [-0.15, -0.1) is 0 Å². The average Bonchev–Trinajstić information content (AvgIpc) is 2.07. The van der Waals surface area contributed by atoms with Crippen LogP contribution >= 0.6 is 31.9 Å². The van der Waals surface area contributed by atoms with Crippen LogP contribution in [0.3, 0.4) is 0 Å². The van der Waals surface area contributed by atoms with E-state index in [2.05, 4.69) is 42.1 Å². The largest absolute Gasteiger partial charge is 0.157 e. The zero-order valence-corrected chi connectivity index (χ0v) is 9.13. The minimum atomic E-state index is 0.896. The highest BCUT2D eigenvalue weighted by molar-refractivity contribution is 9.11. The van der Waals surface area contributed by atoms with Gasteiger partial charge in [0.2, 0.25) is 0 Å². The van der Waals surface area contributed by atoms with Gasteiger partial charge in [0.1, 0.15) is 0 Å². The fourth-order valence-electron chi connectivity index (χ4n) is 0.998. The van der Waals surface area contributed by atoms with Gasteiger partial charge in [-0.1, -0.05) is 15.9 Å². The lowest BCUT2D eigenvalue weighted by Crippen LogP contribution is -1.83. The van der Waals surface area contributed by atoms with E-state index in [1.807, 2.05) is 18.2 Å². The normalized spacial score (nSPS) is 10.5. The predicted octanol–water partition coefficient (Wildman–Crippen LogP) is 3.15. The van der Waals surface area contributed by atoms with E-state index in [0.29, 0.717) is 0 Å². The number of benzene rings is 1. The summed E-state index contributed by atoms with van der Waals surface area (Å²) in [6.07, 6.45) is 1.69. The first-order chi connectivity index (χ1) is 5.77. The zero-order chi connectivity index (χ0) is 8.55. The third-order valence-corrected chi connectivity index (χ3v) is 2.68. The maximum atomic E-state index is 3.98. The van der Waals surface area contributed by atoms with E-state index in [0.717, 1.165) is 19.8 Å². The molecule has 2 nitrogen and oxygen atoms in total. The van der Waals surface area contributed by atoms with Crippen LogP contribution in [0.1, 0.15) is 0 Å². The maximum Gasteiger partial charge on any atom is 0.0941 e. The standard InChI is InChI=1S/C8H4Br2N2/c9-5-1-2-8-6(3-5)7(10)4-11-12-8/h1-4H. The van der Waals surface area contributed by atoms with E-state index >= 15 is 0 Å². The highest BCUT2D eigenvalue weighted by Crippen LogP contribution is 2.23. The summed E-state index contributed by atoms with van der Waals surface area (Å²) in [6.45, 7) is 0. The molecular formula is C8H4Br2N2. The minimum Gasteiger partial charge on any atom is -0.157 e. The molecule has 0 aliphatic carbocycles. The fourth-order valence-corrected chi connectivity index (χ4v) is 1.77. The monoisotopic (exact) mass is 286 g/mol. The second kappa shape index (κ2) is 3.11. The molecule has 60 valence electrons. The molecule has 0 atom stereocenters. The Balaban J connectivity index is 2.88. The van der Waals surface area contributed by atoms with Crippen LogP contribution in [0.15, 0.2) is 33.3 Å². The highest BCUT2D eigenvalue weighted by atomic mass is 79.9. The zero-order valence-electron chi connectivity index (χ0n) is 5.96. The van der Waals surface area contributed by atoms with E-state index in [1.54, 1.807) is 6.20 Å². The molecule has 0 saturated carbocycles. The lowest BCUT2D eigenvalue weighted by molar-refractivity contribution is 1.07. The minimum absolute atomic E-state index is 0.896. The summed E-state index contributed by atoms with van der Waals surface area (Å²) < 4.78 is 2.01. The Bertz CT molecular complexity index is 428. The van der Waals surface area contributed by atoms with Gasteiger partial charge in [0, 0.05) is 14.3 Å². The van der Waals surface area contributed by atoms with Crippen molar-refractivity contribution in [3.63, 3.8) is 0 Å². The van der Waals surface area contributed by atoms with Crippen LogP contribution in [0.4, 0.5) is 0 Å². The molecule has 1 aromatic carbocycles. The molecule has 0 radical (unpaired) electrons. The second-order valence-corrected chi connectivity index (χ2v) is 4.12. The molecule has 2 aromatic rings. The van der Waals surface area contributed by atoms with Crippen molar-refractivity contribution >= 4 is 42.8 Å². The van der Waals surface area contributed by atoms with E-state index in [1.165, 1.54) is 0 Å². The van der Waals surface area contributed by atoms with Crippen LogP contribution in [0.5, 0.6) is 0 Å². The fraction of sp³-hybridized carbons (Fsp3) is 0. The number of hydrogen-bond acceptors (Lipinski definition) is 2. The summed E-state index contributed by atoms with van der Waals surface area (Å²) in [7, 11) is 0. The molecule has 0 fully saturated rings. The van der Waals surface area contributed by atoms with Crippen molar-refractivity contribution in [2.45, 2.75) is 0 Å². The number of aromatic nitrogens is 2. The Morgan fingerprint density at radius 3 is 2.83 bits per heavy atom. The van der Waals surface area contributed by atoms with Crippen molar-refractivity contribution in [3.8, 4) is 0 Å². The van der Waals surface area contributed by atoms with Gasteiger partial charge in [0.05, 0.1) is 11.7 Å². The van der Waals surface area contributed by atoms with Crippen molar-refractivity contribution in [3.05, 3.63) is 33.3 Å². The molecule has 0 unspecified atom stereocenters. The summed E-state index contributed by atoms with van der Waals surface area (Å²) >= 11 is 6.81. The van der Waals surface area contributed by atoms with Crippen LogP contribution in [0, 0.1) is 0 Å². The number of fused-ring (bicyclic) bond motifs is 1. The quantitative estimate of drug-likeness (QED) is 0.744. The molecule has 1 heterocycles. The van der Waals surface area contributed by atoms with Crippen LogP contribution in [0.2, 0.25) is 0 Å². The number of halogens is 2. The van der Waals surface area contributed by atoms with Gasteiger partial charge < -0.3 is 0 Å². The number of rotatable bonds is 0. The van der Waals surface area contributed by atoms with E-state index in [4.69, 9.17) is 0 Å². The Hall–Kier alpha value is -0.480. The molecule has 0 aliphatic heterocycles. The molecule has 0 bridgehead atoms. The first-order valence-electron chi connectivity index (χ1n) is 3.34. The summed E-state index contributed by atoms with van der Waals surface area (Å²) in [6, 6.07) is 5.88. The second-order valence-electron chi connectivity index (χ2n) is 2.35. The number of hydrogen-bond donors (Lipinski definition) is 0. The van der Waals surface area contributed by atoms with E-state index in [-0.39, 0.29) is 0 Å². The number of nitrogens with zero attached hydrogens (tertiary/aromatic N) is 2. The van der Waals surface area contributed by atoms with Crippen molar-refractivity contribution in [2.75, 3.05) is 0 Å². The molecule has 0 spiro atoms. The van der Waals surface area contributed by atoms with Gasteiger partial charge in [-0.2, -0.15) is 10.2 Å². The molecule has 0 aliphatic rings. The lowest BCUT2D eigenvalue weighted by Gasteiger charge is -1.97. The van der Waals surface area contributed by atoms with Crippen molar-refractivity contribution in [2.24, 2.45) is 0 Å². The van der Waals surface area contributed by atoms with Gasteiger partial charge in [-0.3, -0.25) is 0 Å². The molecule has 0 amide bonds. The summed E-state index contributed by atoms with van der Waals surface area (Å²) in [5.74, 6) is 0. The third kappa shape index (κ3) is 1.36. The first-order valence-corrected chi connectivity index (χ1v) is 4.92. The van der Waals surface area contributed by atoms with Gasteiger partial charge >= 0.3 is 0 Å². The lowest BCUT2D eigenvalue weighted by atomic mass is 10.2. The Labute approximate surface area is 86.3 Å². The molecular weight excluding hydrogens is 284 g/mol. The molecule has 12 heavy (non-hydrogen) atoms. The van der Waals surface area contributed by atoms with Gasteiger partial charge in [0.25, 0.3) is 0 Å². The predicted molar refractivity (Wildman–Crippen MR) is 54.9 cm³/mol. The van der Waals surface area contributed by atoms with Crippen LogP contribution < -0.4 is 0 Å². The third-order valence-electron chi connectivity index (χ3n) is 1.55. The molecule has 0 saturated heterocycles. The molecule has 2 rings (SSSR count). The van der Waals surface area contributed by atoms with Crippen LogP contribution in [-0.4, -0.2) is 10.2 Å². The van der Waals surface area contributed by atoms with Gasteiger partial charge in [0.15, 0.2) is 0 Å². The van der Waals surface area contributed by atoms with Gasteiger partial charge in [-0.05, 0) is 34.1 Å². The SMILES string of the molecule is Brc1ccc2nncc(Br)c2c1. The first kappa shape index (κ1) is 8.13. The highest BCUT2D eigenvalue weighted by Gasteiger charge is 1.99. The Morgan fingerprint density at radius 1 is 1.17 bits per heavy atom. The summed E-state index contributed by atoms with van der Waals surface area (Å²) in [5.41, 5.74) is 0.896. The Kier molecular flexibility index (Phi) is 2.11. The summed E-state index contributed by atoms with van der Waals surface area (Å²) in [5, 5.41) is 8.88. The molecule has 4 heteroatoms. The summed E-state index contributed by atoms with van der Waals surface area (Å²) in [4.78, 5) is 0. The average molecular weight is 288 g/mol. The van der Waals surface area contributed by atoms with Gasteiger partial charge in [-0.25, -0.2) is 0 Å². The van der Waals surface area contributed by atoms with Crippen molar-refractivity contribution in [1.29, 1.82) is 0 Å². The van der Waals surface area contributed by atoms with Crippen LogP contribution in [0.25, 0.3) is 10.9 Å². The smallest absolute Gasteiger partial charge is 0.0941 e. The van der Waals surface area contributed by atoms with E-state index < -0.39 is 0 Å². The van der Waals surface area contributed by atoms with Crippen LogP contribution in [-0.2, 0) is 0 Å². The van der Waals surface area contributed by atoms with E-state index in [9.17, 15) is 0 Å². The van der Waals surface area contributed by atoms with Crippen molar-refractivity contribution < 1.29 is 0 Å². The Morgan fingerprint density at radius 2 is 2.00 bits per heavy atom. The van der Waals surface area contributed by atoms with Crippen molar-refractivity contribution in [1.82, 2.24) is 10.2 Å². The molecule has 0 N–H and O–H groups in total. The molecule has 1 aromatic heterocycles.